The molecule has 0 aromatic heterocycles. The second-order valence-electron chi connectivity index (χ2n) is 7.16. The van der Waals surface area contributed by atoms with Crippen LogP contribution in [-0.2, 0) is 21.4 Å². The molecule has 0 atom stereocenters. The summed E-state index contributed by atoms with van der Waals surface area (Å²) in [5, 5.41) is 3.75. The van der Waals surface area contributed by atoms with Gasteiger partial charge in [-0.15, -0.1) is 0 Å². The lowest BCUT2D eigenvalue weighted by Gasteiger charge is -2.29. The van der Waals surface area contributed by atoms with Crippen molar-refractivity contribution in [3.8, 4) is 0 Å². The van der Waals surface area contributed by atoms with Gasteiger partial charge in [-0.3, -0.25) is 9.59 Å². The number of carbonyl (C=O) groups is 2. The first-order valence-electron chi connectivity index (χ1n) is 8.98. The SMILES string of the molecule is CC(=O)N1CCCc2cc(NC(=O)C3(c4ccc(Cl)cc4)CC3)ccc21. The highest BCUT2D eigenvalue weighted by atomic mass is 35.5. The van der Waals surface area contributed by atoms with Crippen molar-refractivity contribution in [1.29, 1.82) is 0 Å². The van der Waals surface area contributed by atoms with Gasteiger partial charge < -0.3 is 10.2 Å². The molecule has 1 heterocycles. The standard InChI is InChI=1S/C21H21ClN2O2/c1-14(25)24-12-2-3-15-13-18(8-9-19(15)24)23-20(26)21(10-11-21)16-4-6-17(22)7-5-16/h4-9,13H,2-3,10-12H2,1H3,(H,23,26). The van der Waals surface area contributed by atoms with Gasteiger partial charge in [0, 0.05) is 29.9 Å². The molecule has 0 saturated heterocycles. The Morgan fingerprint density at radius 3 is 2.50 bits per heavy atom. The summed E-state index contributed by atoms with van der Waals surface area (Å²) in [7, 11) is 0. The van der Waals surface area contributed by atoms with E-state index in [1.165, 1.54) is 0 Å². The third-order valence-corrected chi connectivity index (χ3v) is 5.67. The molecule has 1 aliphatic carbocycles. The molecule has 1 fully saturated rings. The highest BCUT2D eigenvalue weighted by Crippen LogP contribution is 2.49. The van der Waals surface area contributed by atoms with E-state index in [1.54, 1.807) is 11.8 Å². The Hall–Kier alpha value is -2.33. The molecule has 0 radical (unpaired) electrons. The predicted octanol–water partition coefficient (Wildman–Crippen LogP) is 4.31. The van der Waals surface area contributed by atoms with Crippen LogP contribution in [0.1, 0.15) is 37.3 Å². The van der Waals surface area contributed by atoms with Crippen LogP contribution in [0.4, 0.5) is 11.4 Å². The molecular weight excluding hydrogens is 348 g/mol. The maximum atomic E-state index is 12.9. The summed E-state index contributed by atoms with van der Waals surface area (Å²) in [6, 6.07) is 13.4. The van der Waals surface area contributed by atoms with E-state index in [-0.39, 0.29) is 11.8 Å². The van der Waals surface area contributed by atoms with E-state index < -0.39 is 5.41 Å². The average molecular weight is 369 g/mol. The van der Waals surface area contributed by atoms with Crippen LogP contribution in [0.5, 0.6) is 0 Å². The van der Waals surface area contributed by atoms with E-state index in [0.29, 0.717) is 5.02 Å². The van der Waals surface area contributed by atoms with Crippen molar-refractivity contribution in [2.45, 2.75) is 38.0 Å². The Kier molecular flexibility index (Phi) is 4.23. The van der Waals surface area contributed by atoms with Crippen LogP contribution in [0.3, 0.4) is 0 Å². The molecule has 0 bridgehead atoms. The van der Waals surface area contributed by atoms with E-state index in [0.717, 1.165) is 54.7 Å². The van der Waals surface area contributed by atoms with Crippen molar-refractivity contribution in [2.24, 2.45) is 0 Å². The number of hydrogen-bond acceptors (Lipinski definition) is 2. The molecule has 2 amide bonds. The number of aryl methyl sites for hydroxylation is 1. The second-order valence-corrected chi connectivity index (χ2v) is 7.60. The molecule has 26 heavy (non-hydrogen) atoms. The van der Waals surface area contributed by atoms with Crippen LogP contribution in [0.15, 0.2) is 42.5 Å². The number of amides is 2. The summed E-state index contributed by atoms with van der Waals surface area (Å²) in [4.78, 5) is 26.5. The molecular formula is C21H21ClN2O2. The quantitative estimate of drug-likeness (QED) is 0.877. The third-order valence-electron chi connectivity index (χ3n) is 5.42. The van der Waals surface area contributed by atoms with Gasteiger partial charge in [0.2, 0.25) is 11.8 Å². The Bertz CT molecular complexity index is 872. The number of rotatable bonds is 3. The van der Waals surface area contributed by atoms with Gasteiger partial charge in [0.15, 0.2) is 0 Å². The van der Waals surface area contributed by atoms with Gasteiger partial charge in [-0.2, -0.15) is 0 Å². The maximum absolute atomic E-state index is 12.9. The predicted molar refractivity (Wildman–Crippen MR) is 104 cm³/mol. The molecule has 1 aliphatic heterocycles. The van der Waals surface area contributed by atoms with Crippen LogP contribution in [-0.4, -0.2) is 18.4 Å². The fourth-order valence-corrected chi connectivity index (χ4v) is 3.92. The number of carbonyl (C=O) groups excluding carboxylic acids is 2. The number of halogens is 1. The number of nitrogens with one attached hydrogen (secondary N) is 1. The van der Waals surface area contributed by atoms with Gasteiger partial charge in [-0.1, -0.05) is 23.7 Å². The Labute approximate surface area is 158 Å². The van der Waals surface area contributed by atoms with Crippen molar-refractivity contribution in [3.05, 3.63) is 58.6 Å². The lowest BCUT2D eigenvalue weighted by Crippen LogP contribution is -2.33. The van der Waals surface area contributed by atoms with Crippen molar-refractivity contribution in [3.63, 3.8) is 0 Å². The molecule has 4 nitrogen and oxygen atoms in total. The third kappa shape index (κ3) is 2.99. The second kappa shape index (κ2) is 6.44. The minimum Gasteiger partial charge on any atom is -0.325 e. The van der Waals surface area contributed by atoms with Gasteiger partial charge >= 0.3 is 0 Å². The fourth-order valence-electron chi connectivity index (χ4n) is 3.79. The van der Waals surface area contributed by atoms with E-state index in [9.17, 15) is 9.59 Å². The van der Waals surface area contributed by atoms with E-state index >= 15 is 0 Å². The number of anilines is 2. The van der Waals surface area contributed by atoms with Gasteiger partial charge in [-0.25, -0.2) is 0 Å². The molecule has 2 aromatic rings. The summed E-state index contributed by atoms with van der Waals surface area (Å²) in [6.07, 6.45) is 3.57. The molecule has 1 N–H and O–H groups in total. The molecule has 2 aromatic carbocycles. The minimum atomic E-state index is -0.439. The zero-order chi connectivity index (χ0) is 18.3. The number of hydrogen-bond donors (Lipinski definition) is 1. The normalized spacial score (nSPS) is 17.4. The average Bonchev–Trinajstić information content (AvgIpc) is 3.43. The van der Waals surface area contributed by atoms with Gasteiger partial charge in [0.1, 0.15) is 0 Å². The number of nitrogens with zero attached hydrogens (tertiary/aromatic N) is 1. The zero-order valence-electron chi connectivity index (χ0n) is 14.7. The van der Waals surface area contributed by atoms with Gasteiger partial charge in [0.05, 0.1) is 5.41 Å². The molecule has 134 valence electrons. The van der Waals surface area contributed by atoms with Crippen molar-refractivity contribution >= 4 is 34.8 Å². The molecule has 0 spiro atoms. The van der Waals surface area contributed by atoms with Crippen molar-refractivity contribution in [2.75, 3.05) is 16.8 Å². The number of fused-ring (bicyclic) bond motifs is 1. The smallest absolute Gasteiger partial charge is 0.235 e. The Balaban J connectivity index is 1.55. The highest BCUT2D eigenvalue weighted by molar-refractivity contribution is 6.30. The van der Waals surface area contributed by atoms with E-state index in [4.69, 9.17) is 11.6 Å². The molecule has 1 saturated carbocycles. The first kappa shape index (κ1) is 17.1. The summed E-state index contributed by atoms with van der Waals surface area (Å²) < 4.78 is 0. The van der Waals surface area contributed by atoms with Gasteiger partial charge in [-0.05, 0) is 67.1 Å². The molecule has 4 rings (SSSR count). The summed E-state index contributed by atoms with van der Waals surface area (Å²) in [5.74, 6) is 0.0846. The largest absolute Gasteiger partial charge is 0.325 e. The Morgan fingerprint density at radius 2 is 1.85 bits per heavy atom. The lowest BCUT2D eigenvalue weighted by atomic mass is 9.94. The fraction of sp³-hybridized carbons (Fsp3) is 0.333. The van der Waals surface area contributed by atoms with Crippen molar-refractivity contribution in [1.82, 2.24) is 0 Å². The topological polar surface area (TPSA) is 49.4 Å². The number of benzene rings is 2. The van der Waals surface area contributed by atoms with Gasteiger partial charge in [0.25, 0.3) is 0 Å². The summed E-state index contributed by atoms with van der Waals surface area (Å²) in [6.45, 7) is 2.35. The lowest BCUT2D eigenvalue weighted by molar-refractivity contribution is -0.118. The first-order chi connectivity index (χ1) is 12.5. The van der Waals surface area contributed by atoms with Crippen molar-refractivity contribution < 1.29 is 9.59 Å². The first-order valence-corrected chi connectivity index (χ1v) is 9.36. The summed E-state index contributed by atoms with van der Waals surface area (Å²) in [5.41, 5.74) is 3.44. The molecule has 5 heteroatoms. The van der Waals surface area contributed by atoms with Crippen LogP contribution in [0.2, 0.25) is 5.02 Å². The van der Waals surface area contributed by atoms with Crippen LogP contribution in [0.25, 0.3) is 0 Å². The minimum absolute atomic E-state index is 0.0269. The highest BCUT2D eigenvalue weighted by Gasteiger charge is 2.51. The maximum Gasteiger partial charge on any atom is 0.235 e. The van der Waals surface area contributed by atoms with Crippen LogP contribution < -0.4 is 10.2 Å². The molecule has 0 unspecified atom stereocenters. The van der Waals surface area contributed by atoms with E-state index in [2.05, 4.69) is 5.32 Å². The van der Waals surface area contributed by atoms with Crippen LogP contribution >= 0.6 is 11.6 Å². The molecule has 2 aliphatic rings. The summed E-state index contributed by atoms with van der Waals surface area (Å²) >= 11 is 5.96. The van der Waals surface area contributed by atoms with E-state index in [1.807, 2.05) is 42.5 Å². The monoisotopic (exact) mass is 368 g/mol. The Morgan fingerprint density at radius 1 is 1.12 bits per heavy atom. The van der Waals surface area contributed by atoms with Crippen LogP contribution in [0, 0.1) is 0 Å². The zero-order valence-corrected chi connectivity index (χ0v) is 15.5.